The summed E-state index contributed by atoms with van der Waals surface area (Å²) in [5, 5.41) is 2.32. The average molecular weight is 345 g/mol. The van der Waals surface area contributed by atoms with E-state index in [-0.39, 0.29) is 12.1 Å². The Morgan fingerprint density at radius 3 is 2.50 bits per heavy atom. The highest BCUT2D eigenvalue weighted by Crippen LogP contribution is 2.32. The maximum Gasteiger partial charge on any atom is 0.330 e. The largest absolute Gasteiger partial charge is 0.469 e. The van der Waals surface area contributed by atoms with Crippen molar-refractivity contribution in [3.8, 4) is 0 Å². The van der Waals surface area contributed by atoms with E-state index in [4.69, 9.17) is 9.47 Å². The Kier molecular flexibility index (Phi) is 4.40. The van der Waals surface area contributed by atoms with Crippen LogP contribution in [0.1, 0.15) is 23.7 Å². The van der Waals surface area contributed by atoms with Crippen molar-refractivity contribution >= 4 is 22.6 Å². The molecule has 0 saturated carbocycles. The minimum Gasteiger partial charge on any atom is -0.469 e. The number of hydrogen-bond acceptors (Lipinski definition) is 4. The van der Waals surface area contributed by atoms with E-state index in [1.165, 1.54) is 12.5 Å². The van der Waals surface area contributed by atoms with E-state index in [0.717, 1.165) is 16.5 Å². The molecule has 0 aliphatic carbocycles. The van der Waals surface area contributed by atoms with Crippen molar-refractivity contribution < 1.29 is 14.3 Å². The van der Waals surface area contributed by atoms with Gasteiger partial charge in [-0.2, -0.15) is 0 Å². The Bertz CT molecular complexity index is 965. The first kappa shape index (κ1) is 16.3. The Balaban J connectivity index is 1.71. The van der Waals surface area contributed by atoms with Gasteiger partial charge in [-0.15, -0.1) is 0 Å². The number of hydrogen-bond donors (Lipinski definition) is 0. The Morgan fingerprint density at radius 1 is 1.00 bits per heavy atom. The smallest absolute Gasteiger partial charge is 0.330 e. The van der Waals surface area contributed by atoms with Crippen molar-refractivity contribution in [2.24, 2.45) is 4.99 Å². The van der Waals surface area contributed by atoms with Crippen LogP contribution in [0.2, 0.25) is 0 Å². The molecule has 1 aliphatic heterocycles. The second-order valence-corrected chi connectivity index (χ2v) is 6.29. The Hall–Kier alpha value is -3.14. The van der Waals surface area contributed by atoms with Gasteiger partial charge in [0, 0.05) is 12.0 Å². The lowest BCUT2D eigenvalue weighted by atomic mass is 9.97. The summed E-state index contributed by atoms with van der Waals surface area (Å²) in [6.45, 7) is 0. The third-order valence-corrected chi connectivity index (χ3v) is 4.60. The molecular weight excluding hydrogens is 326 g/mol. The second-order valence-electron chi connectivity index (χ2n) is 6.29. The van der Waals surface area contributed by atoms with E-state index < -0.39 is 6.04 Å². The first-order valence-electron chi connectivity index (χ1n) is 8.61. The van der Waals surface area contributed by atoms with Gasteiger partial charge in [0.1, 0.15) is 6.10 Å². The Labute approximate surface area is 152 Å². The lowest BCUT2D eigenvalue weighted by molar-refractivity contribution is -0.143. The number of aliphatic imine (C=N–C) groups is 1. The van der Waals surface area contributed by atoms with Crippen molar-refractivity contribution in [3.63, 3.8) is 0 Å². The van der Waals surface area contributed by atoms with Crippen LogP contribution in [0.3, 0.4) is 0 Å². The molecule has 0 unspecified atom stereocenters. The molecule has 4 heteroatoms. The molecule has 26 heavy (non-hydrogen) atoms. The van der Waals surface area contributed by atoms with Gasteiger partial charge in [0.2, 0.25) is 5.90 Å². The fourth-order valence-corrected chi connectivity index (χ4v) is 3.23. The van der Waals surface area contributed by atoms with E-state index in [1.54, 1.807) is 0 Å². The summed E-state index contributed by atoms with van der Waals surface area (Å²) in [6.07, 6.45) is 0.206. The minimum absolute atomic E-state index is 0.253. The highest BCUT2D eigenvalue weighted by Gasteiger charge is 2.32. The van der Waals surface area contributed by atoms with Crippen LogP contribution >= 0.6 is 0 Å². The molecule has 2 atom stereocenters. The molecule has 3 aromatic rings. The molecule has 0 bridgehead atoms. The van der Waals surface area contributed by atoms with Crippen LogP contribution in [0, 0.1) is 0 Å². The van der Waals surface area contributed by atoms with E-state index in [0.29, 0.717) is 12.3 Å². The molecule has 0 fully saturated rings. The summed E-state index contributed by atoms with van der Waals surface area (Å²) in [4.78, 5) is 16.6. The summed E-state index contributed by atoms with van der Waals surface area (Å²) in [6, 6.07) is 23.5. The second kappa shape index (κ2) is 7.00. The number of carbonyl (C=O) groups is 1. The fourth-order valence-electron chi connectivity index (χ4n) is 3.23. The van der Waals surface area contributed by atoms with Gasteiger partial charge >= 0.3 is 5.97 Å². The monoisotopic (exact) mass is 345 g/mol. The highest BCUT2D eigenvalue weighted by atomic mass is 16.5. The molecule has 3 aromatic carbocycles. The normalized spacial score (nSPS) is 19.5. The SMILES string of the molecule is COC(=O)[C@@H]1C[C@@H](c2ccc3ccccc3c2)OC(c2ccccc2)=N1. The molecule has 4 rings (SSSR count). The molecular formula is C22H19NO3. The van der Waals surface area contributed by atoms with Gasteiger partial charge < -0.3 is 9.47 Å². The fraction of sp³-hybridized carbons (Fsp3) is 0.182. The molecule has 4 nitrogen and oxygen atoms in total. The summed E-state index contributed by atoms with van der Waals surface area (Å²) >= 11 is 0. The number of carbonyl (C=O) groups excluding carboxylic acids is 1. The molecule has 0 N–H and O–H groups in total. The maximum absolute atomic E-state index is 12.1. The third-order valence-electron chi connectivity index (χ3n) is 4.60. The summed E-state index contributed by atoms with van der Waals surface area (Å²) < 4.78 is 11.1. The van der Waals surface area contributed by atoms with Crippen LogP contribution in [0.5, 0.6) is 0 Å². The Morgan fingerprint density at radius 2 is 1.73 bits per heavy atom. The topological polar surface area (TPSA) is 47.9 Å². The van der Waals surface area contributed by atoms with Crippen molar-refractivity contribution in [1.82, 2.24) is 0 Å². The molecule has 130 valence electrons. The number of nitrogens with zero attached hydrogens (tertiary/aromatic N) is 1. The van der Waals surface area contributed by atoms with E-state index >= 15 is 0 Å². The third kappa shape index (κ3) is 3.18. The molecule has 0 radical (unpaired) electrons. The first-order chi connectivity index (χ1) is 12.7. The predicted molar refractivity (Wildman–Crippen MR) is 101 cm³/mol. The van der Waals surface area contributed by atoms with Crippen LogP contribution in [-0.4, -0.2) is 25.0 Å². The maximum atomic E-state index is 12.1. The standard InChI is InChI=1S/C22H19NO3/c1-25-22(24)19-14-20(26-21(23-19)16-8-3-2-4-9-16)18-12-11-15-7-5-6-10-17(15)13-18/h2-13,19-20H,14H2,1H3/t19-,20-/m0/s1. The summed E-state index contributed by atoms with van der Waals surface area (Å²) in [5.41, 5.74) is 1.88. The average Bonchev–Trinajstić information content (AvgIpc) is 2.73. The number of benzene rings is 3. The van der Waals surface area contributed by atoms with Crippen LogP contribution in [-0.2, 0) is 14.3 Å². The molecule has 0 aromatic heterocycles. The molecule has 0 saturated heterocycles. The van der Waals surface area contributed by atoms with Crippen LogP contribution < -0.4 is 0 Å². The highest BCUT2D eigenvalue weighted by molar-refractivity contribution is 5.96. The molecule has 0 amide bonds. The van der Waals surface area contributed by atoms with Gasteiger partial charge in [0.25, 0.3) is 0 Å². The minimum atomic E-state index is -0.569. The quantitative estimate of drug-likeness (QED) is 0.665. The summed E-state index contributed by atoms with van der Waals surface area (Å²) in [7, 11) is 1.39. The molecule has 1 heterocycles. The van der Waals surface area contributed by atoms with E-state index in [9.17, 15) is 4.79 Å². The van der Waals surface area contributed by atoms with Crippen molar-refractivity contribution in [3.05, 3.63) is 83.9 Å². The number of rotatable bonds is 3. The summed E-state index contributed by atoms with van der Waals surface area (Å²) in [5.74, 6) is 0.137. The van der Waals surface area contributed by atoms with E-state index in [2.05, 4.69) is 35.3 Å². The molecule has 0 spiro atoms. The van der Waals surface area contributed by atoms with Crippen molar-refractivity contribution in [1.29, 1.82) is 0 Å². The zero-order valence-corrected chi connectivity index (χ0v) is 14.5. The number of esters is 1. The van der Waals surface area contributed by atoms with Gasteiger partial charge in [-0.05, 0) is 34.5 Å². The van der Waals surface area contributed by atoms with Gasteiger partial charge in [-0.1, -0.05) is 54.6 Å². The predicted octanol–water partition coefficient (Wildman–Crippen LogP) is 4.29. The first-order valence-corrected chi connectivity index (χ1v) is 8.61. The van der Waals surface area contributed by atoms with Gasteiger partial charge in [0.15, 0.2) is 6.04 Å². The van der Waals surface area contributed by atoms with Crippen molar-refractivity contribution in [2.75, 3.05) is 7.11 Å². The van der Waals surface area contributed by atoms with Gasteiger partial charge in [-0.25, -0.2) is 9.79 Å². The van der Waals surface area contributed by atoms with E-state index in [1.807, 2.05) is 42.5 Å². The lowest BCUT2D eigenvalue weighted by Gasteiger charge is -2.28. The number of fused-ring (bicyclic) bond motifs is 1. The number of ether oxygens (including phenoxy) is 2. The van der Waals surface area contributed by atoms with Gasteiger partial charge in [0.05, 0.1) is 7.11 Å². The zero-order chi connectivity index (χ0) is 17.9. The molecule has 1 aliphatic rings. The van der Waals surface area contributed by atoms with Crippen molar-refractivity contribution in [2.45, 2.75) is 18.6 Å². The zero-order valence-electron chi connectivity index (χ0n) is 14.5. The van der Waals surface area contributed by atoms with Crippen LogP contribution in [0.25, 0.3) is 10.8 Å². The van der Waals surface area contributed by atoms with Gasteiger partial charge in [-0.3, -0.25) is 0 Å². The number of methoxy groups -OCH3 is 1. The van der Waals surface area contributed by atoms with Crippen LogP contribution in [0.15, 0.2) is 77.8 Å². The van der Waals surface area contributed by atoms with Crippen LogP contribution in [0.4, 0.5) is 0 Å². The lowest BCUT2D eigenvalue weighted by Crippen LogP contribution is -2.31.